The van der Waals surface area contributed by atoms with Crippen LogP contribution in [0.25, 0.3) is 0 Å². The molecule has 1 aliphatic heterocycles. The smallest absolute Gasteiger partial charge is 0.224 e. The highest BCUT2D eigenvalue weighted by Gasteiger charge is 2.22. The minimum Gasteiger partial charge on any atom is -0.497 e. The molecule has 3 heteroatoms. The minimum absolute atomic E-state index is 0.281. The molecule has 0 unspecified atom stereocenters. The molecule has 0 spiro atoms. The van der Waals surface area contributed by atoms with E-state index < -0.39 is 0 Å². The fraction of sp³-hybridized carbons (Fsp3) is 0.417. The van der Waals surface area contributed by atoms with Crippen molar-refractivity contribution in [3.8, 4) is 5.75 Å². The Hall–Kier alpha value is -1.51. The van der Waals surface area contributed by atoms with Gasteiger partial charge in [0.15, 0.2) is 0 Å². The summed E-state index contributed by atoms with van der Waals surface area (Å²) in [5, 5.41) is 0. The lowest BCUT2D eigenvalue weighted by atomic mass is 10.1. The zero-order valence-electron chi connectivity index (χ0n) is 8.90. The topological polar surface area (TPSA) is 29.5 Å². The number of carbonyl (C=O) groups is 1. The van der Waals surface area contributed by atoms with Crippen LogP contribution < -0.4 is 4.74 Å². The molecule has 0 radical (unpaired) electrons. The van der Waals surface area contributed by atoms with Crippen LogP contribution in [0.4, 0.5) is 0 Å². The molecule has 1 aromatic carbocycles. The van der Waals surface area contributed by atoms with Crippen LogP contribution in [0.15, 0.2) is 24.3 Å². The molecule has 1 saturated heterocycles. The Kier molecular flexibility index (Phi) is 2.90. The first-order valence-electron chi connectivity index (χ1n) is 5.20. The second-order valence-electron chi connectivity index (χ2n) is 3.73. The van der Waals surface area contributed by atoms with Gasteiger partial charge in [0.2, 0.25) is 5.91 Å². The average Bonchev–Trinajstić information content (AvgIpc) is 2.28. The lowest BCUT2D eigenvalue weighted by Gasteiger charge is -2.30. The Morgan fingerprint density at radius 2 is 2.07 bits per heavy atom. The number of rotatable bonds is 4. The van der Waals surface area contributed by atoms with E-state index in [2.05, 4.69) is 0 Å². The number of benzene rings is 1. The predicted octanol–water partition coefficient (Wildman–Crippen LogP) is 1.47. The van der Waals surface area contributed by atoms with Crippen LogP contribution in [0.2, 0.25) is 0 Å². The summed E-state index contributed by atoms with van der Waals surface area (Å²) in [6, 6.07) is 7.99. The van der Waals surface area contributed by atoms with E-state index in [1.54, 1.807) is 7.11 Å². The Balaban J connectivity index is 1.85. The quantitative estimate of drug-likeness (QED) is 0.697. The van der Waals surface area contributed by atoms with Crippen LogP contribution in [0.5, 0.6) is 5.75 Å². The van der Waals surface area contributed by atoms with Crippen molar-refractivity contribution in [2.45, 2.75) is 12.8 Å². The maximum atomic E-state index is 11.1. The van der Waals surface area contributed by atoms with Crippen molar-refractivity contribution in [2.75, 3.05) is 20.2 Å². The Morgan fingerprint density at radius 3 is 2.53 bits per heavy atom. The second kappa shape index (κ2) is 4.34. The van der Waals surface area contributed by atoms with Gasteiger partial charge < -0.3 is 9.64 Å². The maximum absolute atomic E-state index is 11.1. The van der Waals surface area contributed by atoms with E-state index in [-0.39, 0.29) is 5.91 Å². The van der Waals surface area contributed by atoms with Crippen molar-refractivity contribution in [1.82, 2.24) is 4.90 Å². The summed E-state index contributed by atoms with van der Waals surface area (Å²) >= 11 is 0. The number of nitrogens with zero attached hydrogens (tertiary/aromatic N) is 1. The first-order valence-corrected chi connectivity index (χ1v) is 5.20. The number of carbonyl (C=O) groups excluding carboxylic acids is 1. The number of methoxy groups -OCH3 is 1. The van der Waals surface area contributed by atoms with Crippen LogP contribution in [-0.4, -0.2) is 31.0 Å². The molecule has 0 N–H and O–H groups in total. The molecule has 1 aromatic rings. The molecule has 1 amide bonds. The van der Waals surface area contributed by atoms with Crippen LogP contribution in [0, 0.1) is 0 Å². The van der Waals surface area contributed by atoms with Gasteiger partial charge in [0.1, 0.15) is 5.75 Å². The fourth-order valence-electron chi connectivity index (χ4n) is 1.65. The standard InChI is InChI=1S/C12H15NO2/c1-15-11-4-2-10(3-5-11)6-8-13-9-7-12(13)14/h2-5H,6-9H2,1H3. The van der Waals surface area contributed by atoms with Crippen molar-refractivity contribution in [1.29, 1.82) is 0 Å². The Bertz CT molecular complexity index is 345. The number of ether oxygens (including phenoxy) is 1. The molecule has 0 bridgehead atoms. The molecule has 0 aromatic heterocycles. The van der Waals surface area contributed by atoms with Gasteiger partial charge in [0.05, 0.1) is 7.11 Å². The van der Waals surface area contributed by atoms with E-state index in [9.17, 15) is 4.79 Å². The summed E-state index contributed by atoms with van der Waals surface area (Å²) in [4.78, 5) is 13.0. The maximum Gasteiger partial charge on any atom is 0.224 e. The van der Waals surface area contributed by atoms with Gasteiger partial charge >= 0.3 is 0 Å². The normalized spacial score (nSPS) is 15.0. The van der Waals surface area contributed by atoms with Gasteiger partial charge in [0.25, 0.3) is 0 Å². The summed E-state index contributed by atoms with van der Waals surface area (Å²) in [6.45, 7) is 1.76. The van der Waals surface area contributed by atoms with Crippen molar-refractivity contribution >= 4 is 5.91 Å². The molecule has 1 aliphatic rings. The molecule has 15 heavy (non-hydrogen) atoms. The lowest BCUT2D eigenvalue weighted by Crippen LogP contribution is -2.44. The van der Waals surface area contributed by atoms with Crippen LogP contribution in [-0.2, 0) is 11.2 Å². The molecule has 0 saturated carbocycles. The lowest BCUT2D eigenvalue weighted by molar-refractivity contribution is -0.139. The number of hydrogen-bond acceptors (Lipinski definition) is 2. The Morgan fingerprint density at radius 1 is 1.33 bits per heavy atom. The van der Waals surface area contributed by atoms with E-state index in [0.717, 1.165) is 31.7 Å². The minimum atomic E-state index is 0.281. The number of amides is 1. The van der Waals surface area contributed by atoms with Gasteiger partial charge in [-0.1, -0.05) is 12.1 Å². The number of likely N-dealkylation sites (tertiary alicyclic amines) is 1. The van der Waals surface area contributed by atoms with E-state index in [0.29, 0.717) is 0 Å². The molecular formula is C12H15NO2. The number of β-lactam (4-membered cyclic amide) rings is 1. The first kappa shape index (κ1) is 10.0. The highest BCUT2D eigenvalue weighted by Crippen LogP contribution is 2.14. The van der Waals surface area contributed by atoms with E-state index in [4.69, 9.17) is 4.74 Å². The molecular weight excluding hydrogens is 190 g/mol. The molecule has 2 rings (SSSR count). The van der Waals surface area contributed by atoms with Crippen LogP contribution in [0.1, 0.15) is 12.0 Å². The summed E-state index contributed by atoms with van der Waals surface area (Å²) in [5.74, 6) is 1.15. The molecule has 0 aliphatic carbocycles. The largest absolute Gasteiger partial charge is 0.497 e. The molecule has 3 nitrogen and oxygen atoms in total. The van der Waals surface area contributed by atoms with Crippen molar-refractivity contribution in [2.24, 2.45) is 0 Å². The van der Waals surface area contributed by atoms with Gasteiger partial charge in [-0.15, -0.1) is 0 Å². The van der Waals surface area contributed by atoms with Gasteiger partial charge in [-0.05, 0) is 24.1 Å². The predicted molar refractivity (Wildman–Crippen MR) is 57.9 cm³/mol. The highest BCUT2D eigenvalue weighted by molar-refractivity contribution is 5.81. The average molecular weight is 205 g/mol. The molecule has 80 valence electrons. The highest BCUT2D eigenvalue weighted by atomic mass is 16.5. The molecule has 1 heterocycles. The zero-order valence-corrected chi connectivity index (χ0v) is 8.90. The van der Waals surface area contributed by atoms with Gasteiger partial charge in [-0.3, -0.25) is 4.79 Å². The Labute approximate surface area is 89.7 Å². The first-order chi connectivity index (χ1) is 7.29. The molecule has 1 fully saturated rings. The van der Waals surface area contributed by atoms with Crippen molar-refractivity contribution < 1.29 is 9.53 Å². The van der Waals surface area contributed by atoms with Crippen LogP contribution >= 0.6 is 0 Å². The van der Waals surface area contributed by atoms with E-state index in [1.165, 1.54) is 5.56 Å². The summed E-state index contributed by atoms with van der Waals surface area (Å²) in [6.07, 6.45) is 1.65. The molecule has 0 atom stereocenters. The van der Waals surface area contributed by atoms with Gasteiger partial charge in [0, 0.05) is 19.5 Å². The monoisotopic (exact) mass is 205 g/mol. The van der Waals surface area contributed by atoms with E-state index in [1.807, 2.05) is 29.2 Å². The third-order valence-electron chi connectivity index (χ3n) is 2.78. The summed E-state index contributed by atoms with van der Waals surface area (Å²) < 4.78 is 5.08. The third-order valence-corrected chi connectivity index (χ3v) is 2.78. The van der Waals surface area contributed by atoms with Crippen LogP contribution in [0.3, 0.4) is 0 Å². The third kappa shape index (κ3) is 2.29. The SMILES string of the molecule is COc1ccc(CCN2CCC2=O)cc1. The van der Waals surface area contributed by atoms with Crippen molar-refractivity contribution in [3.05, 3.63) is 29.8 Å². The summed E-state index contributed by atoms with van der Waals surface area (Å²) in [7, 11) is 1.66. The van der Waals surface area contributed by atoms with Crippen molar-refractivity contribution in [3.63, 3.8) is 0 Å². The van der Waals surface area contributed by atoms with Gasteiger partial charge in [-0.2, -0.15) is 0 Å². The van der Waals surface area contributed by atoms with Gasteiger partial charge in [-0.25, -0.2) is 0 Å². The summed E-state index contributed by atoms with van der Waals surface area (Å²) in [5.41, 5.74) is 1.25. The fourth-order valence-corrected chi connectivity index (χ4v) is 1.65. The van der Waals surface area contributed by atoms with E-state index >= 15 is 0 Å². The number of hydrogen-bond donors (Lipinski definition) is 0. The second-order valence-corrected chi connectivity index (χ2v) is 3.73. The zero-order chi connectivity index (χ0) is 10.7.